The molecule has 1 aromatic rings. The lowest BCUT2D eigenvalue weighted by molar-refractivity contribution is -0.120. The number of benzene rings is 1. The number of carbonyl (C=O) groups is 1. The molecule has 22 heavy (non-hydrogen) atoms. The molecule has 1 rings (SSSR count). The molecule has 0 atom stereocenters. The number of halogens is 1. The molecule has 0 aliphatic rings. The molecule has 1 amide bonds. The van der Waals surface area contributed by atoms with Gasteiger partial charge in [0, 0.05) is 11.0 Å². The molecule has 1 aromatic carbocycles. The summed E-state index contributed by atoms with van der Waals surface area (Å²) in [6.07, 6.45) is 1.33. The average molecular weight is 391 g/mol. The molecule has 0 aliphatic carbocycles. The normalized spacial score (nSPS) is 12.2. The summed E-state index contributed by atoms with van der Waals surface area (Å²) in [6.45, 7) is 4.14. The topological polar surface area (TPSA) is 89.3 Å². The monoisotopic (exact) mass is 390 g/mol. The number of amides is 1. The van der Waals surface area contributed by atoms with Crippen LogP contribution in [-0.4, -0.2) is 32.2 Å². The van der Waals surface area contributed by atoms with Crippen LogP contribution in [0.1, 0.15) is 32.3 Å². The van der Waals surface area contributed by atoms with Crippen LogP contribution in [-0.2, 0) is 20.4 Å². The van der Waals surface area contributed by atoms with Gasteiger partial charge in [0.2, 0.25) is 5.91 Å². The first-order chi connectivity index (χ1) is 10.3. The summed E-state index contributed by atoms with van der Waals surface area (Å²) in [7, 11) is -3.51. The van der Waals surface area contributed by atoms with Crippen molar-refractivity contribution in [3.05, 3.63) is 34.3 Å². The Kier molecular flexibility index (Phi) is 7.02. The van der Waals surface area contributed by atoms with E-state index in [1.807, 2.05) is 13.8 Å². The van der Waals surface area contributed by atoms with Crippen molar-refractivity contribution >= 4 is 31.7 Å². The minimum absolute atomic E-state index is 0.151. The van der Waals surface area contributed by atoms with Gasteiger partial charge in [0.05, 0.1) is 11.3 Å². The van der Waals surface area contributed by atoms with Crippen molar-refractivity contribution in [1.29, 1.82) is 0 Å². The Morgan fingerprint density at radius 3 is 2.23 bits per heavy atom. The van der Waals surface area contributed by atoms with Gasteiger partial charge in [0.15, 0.2) is 9.84 Å². The zero-order valence-corrected chi connectivity index (χ0v) is 15.3. The summed E-state index contributed by atoms with van der Waals surface area (Å²) in [6, 6.07) is 7.00. The number of hydrogen-bond donors (Lipinski definition) is 2. The number of rotatable bonds is 8. The number of sulfone groups is 1. The molecule has 0 spiro atoms. The highest BCUT2D eigenvalue weighted by Crippen LogP contribution is 2.15. The Morgan fingerprint density at radius 2 is 1.77 bits per heavy atom. The quantitative estimate of drug-likeness (QED) is 0.709. The number of nitrogens with one attached hydrogen (secondary N) is 1. The fraction of sp³-hybridized carbons (Fsp3) is 0.533. The number of hydrogen-bond acceptors (Lipinski definition) is 4. The summed E-state index contributed by atoms with van der Waals surface area (Å²) in [5.74, 6) is -1.17. The zero-order chi connectivity index (χ0) is 16.8. The molecule has 0 unspecified atom stereocenters. The molecule has 0 heterocycles. The van der Waals surface area contributed by atoms with Crippen LogP contribution < -0.4 is 11.1 Å². The summed E-state index contributed by atoms with van der Waals surface area (Å²) < 4.78 is 25.2. The molecular weight excluding hydrogens is 368 g/mol. The summed E-state index contributed by atoms with van der Waals surface area (Å²) >= 11 is 3.30. The van der Waals surface area contributed by atoms with Gasteiger partial charge in [0.25, 0.3) is 0 Å². The Balaban J connectivity index is 2.71. The van der Waals surface area contributed by atoms with Gasteiger partial charge in [-0.1, -0.05) is 41.9 Å². The Hall–Kier alpha value is -0.920. The van der Waals surface area contributed by atoms with E-state index < -0.39 is 27.0 Å². The van der Waals surface area contributed by atoms with E-state index in [0.29, 0.717) is 24.9 Å². The smallest absolute Gasteiger partial charge is 0.235 e. The first-order valence-corrected chi connectivity index (χ1v) is 9.83. The van der Waals surface area contributed by atoms with Crippen LogP contribution in [0.2, 0.25) is 0 Å². The van der Waals surface area contributed by atoms with Gasteiger partial charge >= 0.3 is 0 Å². The van der Waals surface area contributed by atoms with Crippen molar-refractivity contribution < 1.29 is 13.2 Å². The zero-order valence-electron chi connectivity index (χ0n) is 12.9. The van der Waals surface area contributed by atoms with Crippen molar-refractivity contribution in [2.24, 2.45) is 5.73 Å². The predicted octanol–water partition coefficient (Wildman–Crippen LogP) is 2.00. The van der Waals surface area contributed by atoms with E-state index in [9.17, 15) is 13.2 Å². The van der Waals surface area contributed by atoms with Crippen molar-refractivity contribution in [2.45, 2.75) is 38.0 Å². The summed E-state index contributed by atoms with van der Waals surface area (Å²) in [5.41, 5.74) is 5.85. The van der Waals surface area contributed by atoms with Crippen LogP contribution in [0, 0.1) is 0 Å². The van der Waals surface area contributed by atoms with E-state index in [2.05, 4.69) is 21.2 Å². The molecule has 3 N–H and O–H groups in total. The average Bonchev–Trinajstić information content (AvgIpc) is 2.46. The second-order valence-electron chi connectivity index (χ2n) is 5.40. The van der Waals surface area contributed by atoms with Crippen molar-refractivity contribution in [2.75, 3.05) is 12.3 Å². The highest BCUT2D eigenvalue weighted by Gasteiger charge is 2.28. The molecule has 0 bridgehead atoms. The SMILES string of the molecule is CCC(CC)(CN)NC(=O)CS(=O)(=O)Cc1ccc(Br)cc1. The minimum Gasteiger partial charge on any atom is -0.349 e. The van der Waals surface area contributed by atoms with Crippen LogP contribution in [0.3, 0.4) is 0 Å². The lowest BCUT2D eigenvalue weighted by atomic mass is 9.93. The maximum absolute atomic E-state index is 12.1. The minimum atomic E-state index is -3.51. The fourth-order valence-corrected chi connectivity index (χ4v) is 3.72. The summed E-state index contributed by atoms with van der Waals surface area (Å²) in [4.78, 5) is 12.0. The van der Waals surface area contributed by atoms with Gasteiger partial charge in [-0.2, -0.15) is 0 Å². The van der Waals surface area contributed by atoms with Crippen LogP contribution in [0.25, 0.3) is 0 Å². The van der Waals surface area contributed by atoms with Gasteiger partial charge in [-0.05, 0) is 30.5 Å². The van der Waals surface area contributed by atoms with Gasteiger partial charge < -0.3 is 11.1 Å². The molecule has 0 aliphatic heterocycles. The lowest BCUT2D eigenvalue weighted by Gasteiger charge is -2.31. The molecule has 0 aromatic heterocycles. The standard InChI is InChI=1S/C15H23BrN2O3S/c1-3-15(4-2,11-17)18-14(19)10-22(20,21)9-12-5-7-13(16)8-6-12/h5-8H,3-4,9-11,17H2,1-2H3,(H,18,19). The number of carbonyl (C=O) groups excluding carboxylic acids is 1. The highest BCUT2D eigenvalue weighted by molar-refractivity contribution is 9.10. The molecule has 0 radical (unpaired) electrons. The van der Waals surface area contributed by atoms with Crippen molar-refractivity contribution in [1.82, 2.24) is 5.32 Å². The lowest BCUT2D eigenvalue weighted by Crippen LogP contribution is -2.54. The summed E-state index contributed by atoms with van der Waals surface area (Å²) in [5, 5.41) is 2.78. The van der Waals surface area contributed by atoms with Crippen LogP contribution in [0.15, 0.2) is 28.7 Å². The van der Waals surface area contributed by atoms with E-state index in [1.54, 1.807) is 24.3 Å². The van der Waals surface area contributed by atoms with Gasteiger partial charge in [0.1, 0.15) is 5.75 Å². The molecule has 0 saturated heterocycles. The van der Waals surface area contributed by atoms with E-state index in [1.165, 1.54) is 0 Å². The molecule has 0 saturated carbocycles. The van der Waals surface area contributed by atoms with Crippen LogP contribution >= 0.6 is 15.9 Å². The van der Waals surface area contributed by atoms with Crippen LogP contribution in [0.4, 0.5) is 0 Å². The molecule has 5 nitrogen and oxygen atoms in total. The molecule has 124 valence electrons. The third kappa shape index (κ3) is 5.70. The number of nitrogens with two attached hydrogens (primary N) is 1. The molecular formula is C15H23BrN2O3S. The fourth-order valence-electron chi connectivity index (χ4n) is 2.18. The predicted molar refractivity (Wildman–Crippen MR) is 92.1 cm³/mol. The maximum atomic E-state index is 12.1. The third-order valence-corrected chi connectivity index (χ3v) is 5.80. The first kappa shape index (κ1) is 19.1. The Labute approximate surface area is 140 Å². The van der Waals surface area contributed by atoms with Gasteiger partial charge in [-0.15, -0.1) is 0 Å². The molecule has 7 heteroatoms. The van der Waals surface area contributed by atoms with E-state index in [0.717, 1.165) is 4.47 Å². The first-order valence-electron chi connectivity index (χ1n) is 7.22. The second-order valence-corrected chi connectivity index (χ2v) is 8.38. The van der Waals surface area contributed by atoms with Crippen molar-refractivity contribution in [3.8, 4) is 0 Å². The van der Waals surface area contributed by atoms with Crippen molar-refractivity contribution in [3.63, 3.8) is 0 Å². The van der Waals surface area contributed by atoms with Crippen LogP contribution in [0.5, 0.6) is 0 Å². The second kappa shape index (κ2) is 8.08. The van der Waals surface area contributed by atoms with Gasteiger partial charge in [-0.25, -0.2) is 8.42 Å². The maximum Gasteiger partial charge on any atom is 0.235 e. The molecule has 0 fully saturated rings. The highest BCUT2D eigenvalue weighted by atomic mass is 79.9. The van der Waals surface area contributed by atoms with Gasteiger partial charge in [-0.3, -0.25) is 4.79 Å². The van der Waals surface area contributed by atoms with E-state index in [-0.39, 0.29) is 5.75 Å². The van der Waals surface area contributed by atoms with E-state index >= 15 is 0 Å². The third-order valence-electron chi connectivity index (χ3n) is 3.80. The largest absolute Gasteiger partial charge is 0.349 e. The Morgan fingerprint density at radius 1 is 1.23 bits per heavy atom. The van der Waals surface area contributed by atoms with E-state index in [4.69, 9.17) is 5.73 Å². The Bertz CT molecular complexity index is 587.